The van der Waals surface area contributed by atoms with Crippen molar-refractivity contribution in [3.8, 4) is 0 Å². The lowest BCUT2D eigenvalue weighted by atomic mass is 10.3. The van der Waals surface area contributed by atoms with E-state index < -0.39 is 30.6 Å². The second kappa shape index (κ2) is 5.24. The van der Waals surface area contributed by atoms with E-state index in [-0.39, 0.29) is 34.8 Å². The molecule has 1 heterocycles. The van der Waals surface area contributed by atoms with Crippen LogP contribution in [0.2, 0.25) is 0 Å². The molecule has 20 heavy (non-hydrogen) atoms. The van der Waals surface area contributed by atoms with Crippen LogP contribution in [0.25, 0.3) is 0 Å². The maximum Gasteiger partial charge on any atom is 0.246 e. The van der Waals surface area contributed by atoms with Crippen molar-refractivity contribution in [1.29, 1.82) is 0 Å². The molecule has 0 unspecified atom stereocenters. The Labute approximate surface area is 124 Å². The highest BCUT2D eigenvalue weighted by atomic mass is 79.9. The van der Waals surface area contributed by atoms with E-state index in [0.29, 0.717) is 0 Å². The zero-order valence-corrected chi connectivity index (χ0v) is 13.4. The van der Waals surface area contributed by atoms with Gasteiger partial charge in [-0.3, -0.25) is 0 Å². The third-order valence-corrected chi connectivity index (χ3v) is 7.02. The van der Waals surface area contributed by atoms with Gasteiger partial charge >= 0.3 is 0 Å². The maximum absolute atomic E-state index is 14.0. The molecule has 1 aromatic carbocycles. The minimum atomic E-state index is -4.10. The summed E-state index contributed by atoms with van der Waals surface area (Å²) in [7, 11) is -7.32. The second-order valence-electron chi connectivity index (χ2n) is 4.37. The number of hydrogen-bond acceptors (Lipinski definition) is 5. The lowest BCUT2D eigenvalue weighted by Gasteiger charge is -2.26. The average molecular weight is 387 g/mol. The Morgan fingerprint density at radius 3 is 2.35 bits per heavy atom. The predicted octanol–water partition coefficient (Wildman–Crippen LogP) is 0.589. The first kappa shape index (κ1) is 15.7. The Balaban J connectivity index is 2.42. The van der Waals surface area contributed by atoms with E-state index in [1.54, 1.807) is 0 Å². The van der Waals surface area contributed by atoms with E-state index >= 15 is 0 Å². The molecule has 0 radical (unpaired) electrons. The first-order valence-electron chi connectivity index (χ1n) is 5.58. The van der Waals surface area contributed by atoms with Gasteiger partial charge in [-0.25, -0.2) is 21.2 Å². The fraction of sp³-hybridized carbons (Fsp3) is 0.400. The van der Waals surface area contributed by atoms with Gasteiger partial charge in [-0.15, -0.1) is 0 Å². The van der Waals surface area contributed by atoms with Gasteiger partial charge in [0.1, 0.15) is 4.90 Å². The van der Waals surface area contributed by atoms with Crippen LogP contribution in [0.15, 0.2) is 21.5 Å². The van der Waals surface area contributed by atoms with Crippen molar-refractivity contribution in [2.24, 2.45) is 0 Å². The third-order valence-electron chi connectivity index (χ3n) is 2.94. The van der Waals surface area contributed by atoms with Gasteiger partial charge in [0, 0.05) is 18.8 Å². The summed E-state index contributed by atoms with van der Waals surface area (Å²) in [5, 5.41) is 0. The zero-order chi connectivity index (χ0) is 15.1. The molecule has 1 aromatic rings. The van der Waals surface area contributed by atoms with Crippen LogP contribution >= 0.6 is 15.9 Å². The van der Waals surface area contributed by atoms with Crippen LogP contribution in [0, 0.1) is 5.82 Å². The molecule has 112 valence electrons. The van der Waals surface area contributed by atoms with Crippen LogP contribution in [-0.4, -0.2) is 45.7 Å². The molecule has 0 aromatic heterocycles. The van der Waals surface area contributed by atoms with E-state index in [1.807, 2.05) is 0 Å². The fourth-order valence-corrected chi connectivity index (χ4v) is 5.45. The molecule has 0 aliphatic carbocycles. The Bertz CT molecular complexity index is 735. The van der Waals surface area contributed by atoms with Gasteiger partial charge in [-0.2, -0.15) is 4.31 Å². The standard InChI is InChI=1S/C10H12BrFN2O4S2/c11-8-5-7(13)6-9(10(8)12)20(17,18)14-1-3-19(15,16)4-2-14/h5-6H,1-4,13H2. The number of nitrogens with two attached hydrogens (primary N) is 1. The van der Waals surface area contributed by atoms with Crippen LogP contribution in [0.3, 0.4) is 0 Å². The van der Waals surface area contributed by atoms with Crippen molar-refractivity contribution >= 4 is 41.5 Å². The van der Waals surface area contributed by atoms with Crippen LogP contribution in [0.1, 0.15) is 0 Å². The van der Waals surface area contributed by atoms with E-state index in [9.17, 15) is 21.2 Å². The molecule has 1 fully saturated rings. The highest BCUT2D eigenvalue weighted by Crippen LogP contribution is 2.28. The van der Waals surface area contributed by atoms with Crippen LogP contribution in [0.5, 0.6) is 0 Å². The monoisotopic (exact) mass is 386 g/mol. The van der Waals surface area contributed by atoms with E-state index in [4.69, 9.17) is 5.73 Å². The molecular weight excluding hydrogens is 375 g/mol. The Kier molecular flexibility index (Phi) is 4.11. The summed E-state index contributed by atoms with van der Waals surface area (Å²) >= 11 is 2.90. The first-order chi connectivity index (χ1) is 9.13. The third kappa shape index (κ3) is 2.97. The predicted molar refractivity (Wildman–Crippen MR) is 75.9 cm³/mol. The number of anilines is 1. The number of sulfone groups is 1. The SMILES string of the molecule is Nc1cc(Br)c(F)c(S(=O)(=O)N2CCS(=O)(=O)CC2)c1. The molecule has 1 aliphatic heterocycles. The molecule has 2 N–H and O–H groups in total. The van der Waals surface area contributed by atoms with Gasteiger partial charge in [0.05, 0.1) is 16.0 Å². The Morgan fingerprint density at radius 2 is 1.80 bits per heavy atom. The molecule has 0 spiro atoms. The summed E-state index contributed by atoms with van der Waals surface area (Å²) in [6, 6.07) is 2.29. The van der Waals surface area contributed by atoms with Crippen molar-refractivity contribution in [3.63, 3.8) is 0 Å². The fourth-order valence-electron chi connectivity index (χ4n) is 1.85. The van der Waals surface area contributed by atoms with Crippen LogP contribution < -0.4 is 5.73 Å². The molecular formula is C10H12BrFN2O4S2. The number of sulfonamides is 1. The van der Waals surface area contributed by atoms with Gasteiger partial charge in [-0.1, -0.05) is 0 Å². The molecule has 10 heteroatoms. The van der Waals surface area contributed by atoms with Crippen molar-refractivity contribution in [2.45, 2.75) is 4.90 Å². The molecule has 0 saturated carbocycles. The quantitative estimate of drug-likeness (QED) is 0.750. The number of halogens is 2. The highest BCUT2D eigenvalue weighted by molar-refractivity contribution is 9.10. The Morgan fingerprint density at radius 1 is 1.25 bits per heavy atom. The number of benzene rings is 1. The second-order valence-corrected chi connectivity index (χ2v) is 9.44. The summed E-state index contributed by atoms with van der Waals surface area (Å²) in [6.07, 6.45) is 0. The smallest absolute Gasteiger partial charge is 0.246 e. The summed E-state index contributed by atoms with van der Waals surface area (Å²) < 4.78 is 62.2. The maximum atomic E-state index is 14.0. The van der Waals surface area contributed by atoms with E-state index in [0.717, 1.165) is 10.4 Å². The van der Waals surface area contributed by atoms with Crippen molar-refractivity contribution in [3.05, 3.63) is 22.4 Å². The van der Waals surface area contributed by atoms with Gasteiger partial charge in [0.2, 0.25) is 10.0 Å². The highest BCUT2D eigenvalue weighted by Gasteiger charge is 2.33. The molecule has 1 saturated heterocycles. The van der Waals surface area contributed by atoms with Gasteiger partial charge in [0.25, 0.3) is 0 Å². The van der Waals surface area contributed by atoms with Gasteiger partial charge in [0.15, 0.2) is 15.7 Å². The number of hydrogen-bond donors (Lipinski definition) is 1. The summed E-state index contributed by atoms with van der Waals surface area (Å²) in [5.41, 5.74) is 5.62. The van der Waals surface area contributed by atoms with Crippen LogP contribution in [0.4, 0.5) is 10.1 Å². The van der Waals surface area contributed by atoms with Gasteiger partial charge < -0.3 is 5.73 Å². The van der Waals surface area contributed by atoms with Crippen molar-refractivity contribution in [1.82, 2.24) is 4.31 Å². The number of nitrogens with zero attached hydrogens (tertiary/aromatic N) is 1. The summed E-state index contributed by atoms with van der Waals surface area (Å²) in [6.45, 7) is -0.368. The lowest BCUT2D eigenvalue weighted by Crippen LogP contribution is -2.43. The number of nitrogen functional groups attached to an aromatic ring is 1. The van der Waals surface area contributed by atoms with E-state index in [2.05, 4.69) is 15.9 Å². The largest absolute Gasteiger partial charge is 0.399 e. The Hall–Kier alpha value is -0.710. The average Bonchev–Trinajstić information content (AvgIpc) is 2.33. The summed E-state index contributed by atoms with van der Waals surface area (Å²) in [4.78, 5) is -0.552. The first-order valence-corrected chi connectivity index (χ1v) is 9.64. The van der Waals surface area contributed by atoms with Gasteiger partial charge in [-0.05, 0) is 28.1 Å². The number of rotatable bonds is 2. The van der Waals surface area contributed by atoms with Crippen LogP contribution in [-0.2, 0) is 19.9 Å². The molecule has 1 aliphatic rings. The summed E-state index contributed by atoms with van der Waals surface area (Å²) in [5.74, 6) is -1.47. The molecule has 6 nitrogen and oxygen atoms in total. The van der Waals surface area contributed by atoms with E-state index in [1.165, 1.54) is 6.07 Å². The molecule has 0 atom stereocenters. The van der Waals surface area contributed by atoms with Crippen molar-refractivity contribution in [2.75, 3.05) is 30.3 Å². The lowest BCUT2D eigenvalue weighted by molar-refractivity contribution is 0.426. The zero-order valence-electron chi connectivity index (χ0n) is 10.2. The molecule has 0 amide bonds. The minimum Gasteiger partial charge on any atom is -0.399 e. The normalized spacial score (nSPS) is 19.9. The minimum absolute atomic E-state index is 0.0549. The molecule has 0 bridgehead atoms. The topological polar surface area (TPSA) is 97.5 Å². The molecule has 2 rings (SSSR count). The van der Waals surface area contributed by atoms with Crippen molar-refractivity contribution < 1.29 is 21.2 Å².